The molecule has 0 saturated carbocycles. The minimum atomic E-state index is -0.968. The largest absolute Gasteiger partial charge is 0.494 e. The first kappa shape index (κ1) is 71.9. The molecule has 0 radical (unpaired) electrons. The number of unbranched alkanes of at least 4 members (excludes halogenated alkanes) is 9. The van der Waals surface area contributed by atoms with Crippen molar-refractivity contribution in [1.82, 2.24) is 0 Å². The van der Waals surface area contributed by atoms with Crippen LogP contribution in [0.15, 0.2) is 190 Å². The van der Waals surface area contributed by atoms with Gasteiger partial charge in [-0.25, -0.2) is 28.8 Å². The zero-order valence-electron chi connectivity index (χ0n) is 49.4. The first-order chi connectivity index (χ1) is 42.3. The first-order valence-electron chi connectivity index (χ1n) is 28.9. The lowest BCUT2D eigenvalue weighted by atomic mass is 10.1. The second kappa shape index (κ2) is 46.0. The number of benzene rings is 5. The van der Waals surface area contributed by atoms with Gasteiger partial charge in [0.15, 0.2) is 6.10 Å². The zero-order valence-corrected chi connectivity index (χ0v) is 49.4. The second-order valence-corrected chi connectivity index (χ2v) is 19.0. The Labute approximate surface area is 510 Å². The molecule has 5 rings (SSSR count). The number of rotatable bonds is 39. The van der Waals surface area contributed by atoms with Crippen LogP contribution in [-0.2, 0) is 52.5 Å². The zero-order chi connectivity index (χ0) is 63.0. The van der Waals surface area contributed by atoms with Gasteiger partial charge < -0.3 is 53.2 Å². The van der Waals surface area contributed by atoms with Crippen molar-refractivity contribution in [1.29, 1.82) is 0 Å². The van der Waals surface area contributed by atoms with Crippen molar-refractivity contribution >= 4 is 54.0 Å². The Morgan fingerprint density at radius 3 is 1.07 bits per heavy atom. The maximum absolute atomic E-state index is 12.8. The van der Waals surface area contributed by atoms with Crippen LogP contribution < -0.4 is 14.2 Å². The molecule has 0 aliphatic carbocycles. The molecule has 0 aromatic heterocycles. The van der Waals surface area contributed by atoms with Gasteiger partial charge in [0.2, 0.25) is 0 Å². The predicted octanol–water partition coefficient (Wildman–Crippen LogP) is 12.7. The number of ether oxygens (including phenoxy) is 8. The molecule has 0 amide bonds. The standard InChI is InChI=1S/C44H50O10.C18H22O5.C8H10O2/c1-3-41(45)51-32-14-7-5-12-30-49-38-24-18-35(19-25-38)22-28-43(47)53-34-40(37-16-10-9-11-17-37)54-44(48)29-23-36-20-26-39(27-21-36)50-31-13-6-8-15-33-52-42(46)4-2;1-2-18(21)23-14-6-4-3-5-13-22-16-10-7-15(8-11-16)9-12-17(19)20;9-6-8(10)7-4-2-1-3-5-7/h3-4,9-11,16-29,40H,1-2,5-8,12-15,30-34H2;2,7-12H,1,3-6,13-14H2,(H,19,20);1-5,8-10H,6H2/b28-22+,29-23+;12-9+;. The van der Waals surface area contributed by atoms with Crippen molar-refractivity contribution in [3.63, 3.8) is 0 Å². The maximum Gasteiger partial charge on any atom is 0.331 e. The smallest absolute Gasteiger partial charge is 0.331 e. The van der Waals surface area contributed by atoms with Crippen LogP contribution in [0.2, 0.25) is 0 Å². The summed E-state index contributed by atoms with van der Waals surface area (Å²) in [6.45, 7) is 12.7. The van der Waals surface area contributed by atoms with E-state index in [2.05, 4.69) is 19.7 Å². The number of aliphatic hydroxyl groups excluding tert-OH is 2. The van der Waals surface area contributed by atoms with E-state index in [0.29, 0.717) is 45.2 Å². The van der Waals surface area contributed by atoms with Gasteiger partial charge in [0.1, 0.15) is 30.0 Å². The molecule has 0 heterocycles. The molecule has 464 valence electrons. The minimum absolute atomic E-state index is 0.158. The third kappa shape index (κ3) is 35.5. The number of carboxylic acids is 1. The summed E-state index contributed by atoms with van der Waals surface area (Å²) >= 11 is 0. The van der Waals surface area contributed by atoms with E-state index in [9.17, 15) is 28.8 Å². The number of aliphatic carboxylic acids is 1. The summed E-state index contributed by atoms with van der Waals surface area (Å²) in [6.07, 6.45) is 21.4. The molecule has 0 fully saturated rings. The molecule has 5 aromatic carbocycles. The molecule has 87 heavy (non-hydrogen) atoms. The number of aliphatic hydroxyl groups is 2. The van der Waals surface area contributed by atoms with Gasteiger partial charge in [-0.3, -0.25) is 0 Å². The van der Waals surface area contributed by atoms with E-state index in [-0.39, 0.29) is 19.2 Å². The van der Waals surface area contributed by atoms with Crippen molar-refractivity contribution in [2.75, 3.05) is 52.9 Å². The van der Waals surface area contributed by atoms with Gasteiger partial charge in [-0.15, -0.1) is 0 Å². The van der Waals surface area contributed by atoms with Crippen LogP contribution in [0.4, 0.5) is 0 Å². The minimum Gasteiger partial charge on any atom is -0.494 e. The number of hydrogen-bond acceptors (Lipinski definition) is 16. The third-order valence-electron chi connectivity index (χ3n) is 12.2. The van der Waals surface area contributed by atoms with E-state index in [1.165, 1.54) is 18.2 Å². The number of hydrogen-bond donors (Lipinski definition) is 3. The van der Waals surface area contributed by atoms with Crippen LogP contribution in [-0.4, -0.2) is 104 Å². The summed E-state index contributed by atoms with van der Waals surface area (Å²) in [5.74, 6) is -1.09. The fraction of sp³-hybridized carbons (Fsp3) is 0.314. The summed E-state index contributed by atoms with van der Waals surface area (Å²) in [6, 6.07) is 40.1. The normalized spacial score (nSPS) is 11.3. The molecule has 0 aliphatic heterocycles. The van der Waals surface area contributed by atoms with Crippen LogP contribution in [0.1, 0.15) is 117 Å². The Hall–Kier alpha value is -9.32. The average Bonchev–Trinajstić information content (AvgIpc) is 3.76. The Balaban J connectivity index is 0.000000486. The van der Waals surface area contributed by atoms with Crippen LogP contribution >= 0.6 is 0 Å². The molecule has 2 unspecified atom stereocenters. The summed E-state index contributed by atoms with van der Waals surface area (Å²) in [4.78, 5) is 68.7. The number of carbonyl (C=O) groups is 6. The quantitative estimate of drug-likeness (QED) is 0.0143. The topological polar surface area (TPSA) is 237 Å². The Bertz CT molecular complexity index is 2860. The summed E-state index contributed by atoms with van der Waals surface area (Å²) in [5.41, 5.74) is 3.84. The van der Waals surface area contributed by atoms with Gasteiger partial charge in [0.25, 0.3) is 0 Å². The van der Waals surface area contributed by atoms with Crippen LogP contribution in [0, 0.1) is 0 Å². The van der Waals surface area contributed by atoms with Crippen LogP contribution in [0.5, 0.6) is 17.2 Å². The SMILES string of the molecule is C=CC(=O)OCCCCCCOc1ccc(/C=C/C(=O)O)cc1.C=CC(=O)OCCCCCCOc1ccc(/C=C/C(=O)OCC(OC(=O)/C=C/c2ccc(OCCCCCCOC(=O)C=C)cc2)c2ccccc2)cc1.OCC(O)c1ccccc1. The molecule has 2 atom stereocenters. The lowest BCUT2D eigenvalue weighted by Crippen LogP contribution is -2.17. The molecule has 0 saturated heterocycles. The van der Waals surface area contributed by atoms with Crippen molar-refractivity contribution in [2.45, 2.75) is 89.3 Å². The number of carbonyl (C=O) groups excluding carboxylic acids is 5. The summed E-state index contributed by atoms with van der Waals surface area (Å²) in [7, 11) is 0. The average molecular weight is 1200 g/mol. The van der Waals surface area contributed by atoms with Gasteiger partial charge in [0, 0.05) is 36.5 Å². The third-order valence-corrected chi connectivity index (χ3v) is 12.2. The van der Waals surface area contributed by atoms with E-state index in [0.717, 1.165) is 141 Å². The van der Waals surface area contributed by atoms with Crippen molar-refractivity contribution < 1.29 is 82.0 Å². The molecule has 17 nitrogen and oxygen atoms in total. The van der Waals surface area contributed by atoms with Gasteiger partial charge in [-0.1, -0.05) is 117 Å². The highest BCUT2D eigenvalue weighted by atomic mass is 16.6. The Morgan fingerprint density at radius 1 is 0.391 bits per heavy atom. The maximum atomic E-state index is 12.8. The lowest BCUT2D eigenvalue weighted by molar-refractivity contribution is -0.153. The molecular weight excluding hydrogens is 1110 g/mol. The van der Waals surface area contributed by atoms with Crippen LogP contribution in [0.3, 0.4) is 0 Å². The van der Waals surface area contributed by atoms with E-state index < -0.39 is 42.1 Å². The molecule has 0 spiro atoms. The van der Waals surface area contributed by atoms with Crippen LogP contribution in [0.25, 0.3) is 18.2 Å². The second-order valence-electron chi connectivity index (χ2n) is 19.0. The summed E-state index contributed by atoms with van der Waals surface area (Å²) in [5, 5.41) is 26.2. The van der Waals surface area contributed by atoms with E-state index in [1.807, 2.05) is 109 Å². The highest BCUT2D eigenvalue weighted by Gasteiger charge is 2.18. The van der Waals surface area contributed by atoms with E-state index in [1.54, 1.807) is 36.4 Å². The van der Waals surface area contributed by atoms with Crippen molar-refractivity contribution in [3.8, 4) is 17.2 Å². The first-order valence-corrected chi connectivity index (χ1v) is 28.9. The number of carboxylic acid groups (broad SMARTS) is 1. The highest BCUT2D eigenvalue weighted by Crippen LogP contribution is 2.21. The molecule has 0 bridgehead atoms. The van der Waals surface area contributed by atoms with Gasteiger partial charge in [-0.2, -0.15) is 0 Å². The van der Waals surface area contributed by atoms with Gasteiger partial charge >= 0.3 is 35.8 Å². The van der Waals surface area contributed by atoms with Gasteiger partial charge in [-0.05, 0) is 159 Å². The Morgan fingerprint density at radius 2 is 0.724 bits per heavy atom. The monoisotopic (exact) mass is 1190 g/mol. The Kier molecular flexibility index (Phi) is 38.1. The molecule has 5 aromatic rings. The van der Waals surface area contributed by atoms with E-state index in [4.69, 9.17) is 53.2 Å². The summed E-state index contributed by atoms with van der Waals surface area (Å²) < 4.78 is 43.2. The highest BCUT2D eigenvalue weighted by molar-refractivity contribution is 5.88. The number of esters is 5. The molecule has 17 heteroatoms. The molecule has 3 N–H and O–H groups in total. The fourth-order valence-electron chi connectivity index (χ4n) is 7.49. The fourth-order valence-corrected chi connectivity index (χ4v) is 7.49. The predicted molar refractivity (Wildman–Crippen MR) is 334 cm³/mol. The molecule has 0 aliphatic rings. The van der Waals surface area contributed by atoms with Gasteiger partial charge in [0.05, 0.1) is 46.2 Å². The van der Waals surface area contributed by atoms with Crippen molar-refractivity contribution in [3.05, 3.63) is 217 Å². The molecular formula is C70H82O17. The lowest BCUT2D eigenvalue weighted by Gasteiger charge is -2.17. The van der Waals surface area contributed by atoms with Crippen molar-refractivity contribution in [2.24, 2.45) is 0 Å². The van der Waals surface area contributed by atoms with E-state index >= 15 is 0 Å².